The molecule has 0 spiro atoms. The van der Waals surface area contributed by atoms with Crippen LogP contribution in [0.25, 0.3) is 0 Å². The van der Waals surface area contributed by atoms with Gasteiger partial charge in [0.2, 0.25) is 0 Å². The number of hydrogen-bond acceptors (Lipinski definition) is 6. The summed E-state index contributed by atoms with van der Waals surface area (Å²) in [6.45, 7) is 8.00. The van der Waals surface area contributed by atoms with Crippen LogP contribution in [0.3, 0.4) is 0 Å². The highest BCUT2D eigenvalue weighted by atomic mass is 16.6. The summed E-state index contributed by atoms with van der Waals surface area (Å²) < 4.78 is 11.2. The number of rotatable bonds is 38. The van der Waals surface area contributed by atoms with Crippen LogP contribution < -0.4 is 5.73 Å². The Morgan fingerprint density at radius 2 is 0.796 bits per heavy atom. The van der Waals surface area contributed by atoms with Crippen molar-refractivity contribution in [3.05, 3.63) is 0 Å². The molecule has 0 aromatic rings. The average Bonchev–Trinajstić information content (AvgIpc) is 3.06. The van der Waals surface area contributed by atoms with E-state index >= 15 is 0 Å². The summed E-state index contributed by atoms with van der Waals surface area (Å²) >= 11 is 0. The van der Waals surface area contributed by atoms with E-state index in [9.17, 15) is 14.7 Å². The van der Waals surface area contributed by atoms with Crippen molar-refractivity contribution in [1.29, 1.82) is 0 Å². The van der Waals surface area contributed by atoms with Gasteiger partial charge in [-0.15, -0.1) is 0 Å². The minimum absolute atomic E-state index is 0.0324. The van der Waals surface area contributed by atoms with E-state index in [0.717, 1.165) is 38.5 Å². The maximum absolute atomic E-state index is 12.6. The molecule has 0 rings (SSSR count). The van der Waals surface area contributed by atoms with E-state index < -0.39 is 17.7 Å². The van der Waals surface area contributed by atoms with Crippen LogP contribution >= 0.6 is 0 Å². The largest absolute Gasteiger partial charge is 0.462 e. The zero-order valence-corrected chi connectivity index (χ0v) is 33.4. The fourth-order valence-corrected chi connectivity index (χ4v) is 6.49. The minimum atomic E-state index is -0.870. The van der Waals surface area contributed by atoms with Crippen molar-refractivity contribution in [2.45, 2.75) is 257 Å². The molecule has 3 N–H and O–H groups in total. The lowest BCUT2D eigenvalue weighted by molar-refractivity contribution is -0.161. The van der Waals surface area contributed by atoms with E-state index in [1.807, 2.05) is 0 Å². The van der Waals surface area contributed by atoms with Gasteiger partial charge in [0.05, 0.1) is 6.10 Å². The number of ether oxygens (including phenoxy) is 2. The molecule has 0 aromatic carbocycles. The molecule has 2 unspecified atom stereocenters. The predicted molar refractivity (Wildman–Crippen MR) is 209 cm³/mol. The number of carbonyl (C=O) groups excluding carboxylic acids is 2. The van der Waals surface area contributed by atoms with Gasteiger partial charge in [-0.05, 0) is 26.7 Å². The van der Waals surface area contributed by atoms with E-state index in [1.165, 1.54) is 154 Å². The number of carbonyl (C=O) groups is 2. The summed E-state index contributed by atoms with van der Waals surface area (Å²) in [6.07, 6.45) is 37.8. The molecule has 0 bridgehead atoms. The highest BCUT2D eigenvalue weighted by Gasteiger charge is 2.28. The summed E-state index contributed by atoms with van der Waals surface area (Å²) in [6, 6.07) is 0. The van der Waals surface area contributed by atoms with Crippen LogP contribution in [0.1, 0.15) is 240 Å². The normalized spacial score (nSPS) is 13.0. The molecule has 6 heteroatoms. The first-order valence-corrected chi connectivity index (χ1v) is 21.5. The Balaban J connectivity index is 3.99. The Kier molecular flexibility index (Phi) is 34.5. The molecular formula is C43H85NO5. The molecule has 0 aliphatic carbocycles. The summed E-state index contributed by atoms with van der Waals surface area (Å²) in [7, 11) is 0. The Morgan fingerprint density at radius 1 is 0.510 bits per heavy atom. The molecule has 6 nitrogen and oxygen atoms in total. The van der Waals surface area contributed by atoms with E-state index in [0.29, 0.717) is 12.8 Å². The molecular weight excluding hydrogens is 610 g/mol. The van der Waals surface area contributed by atoms with Gasteiger partial charge in [-0.1, -0.05) is 194 Å². The number of unbranched alkanes of at least 4 members (excludes halogenated alkanes) is 28. The first-order chi connectivity index (χ1) is 23.7. The van der Waals surface area contributed by atoms with Gasteiger partial charge in [0.15, 0.2) is 0 Å². The maximum Gasteiger partial charge on any atom is 0.306 e. The molecule has 292 valence electrons. The van der Waals surface area contributed by atoms with Gasteiger partial charge in [0.1, 0.15) is 12.7 Å². The number of hydrogen-bond donors (Lipinski definition) is 2. The van der Waals surface area contributed by atoms with Crippen LogP contribution in [0.15, 0.2) is 0 Å². The first kappa shape index (κ1) is 47.9. The molecule has 0 aliphatic rings. The monoisotopic (exact) mass is 696 g/mol. The Morgan fingerprint density at radius 3 is 1.10 bits per heavy atom. The zero-order valence-electron chi connectivity index (χ0n) is 33.4. The first-order valence-electron chi connectivity index (χ1n) is 21.5. The van der Waals surface area contributed by atoms with Crippen molar-refractivity contribution < 1.29 is 24.2 Å². The van der Waals surface area contributed by atoms with E-state index in [4.69, 9.17) is 15.2 Å². The van der Waals surface area contributed by atoms with Crippen LogP contribution in [0, 0.1) is 0 Å². The van der Waals surface area contributed by atoms with Gasteiger partial charge in [-0.2, -0.15) is 0 Å². The van der Waals surface area contributed by atoms with Crippen LogP contribution in [0.2, 0.25) is 0 Å². The van der Waals surface area contributed by atoms with E-state index in [-0.39, 0.29) is 25.0 Å². The summed E-state index contributed by atoms with van der Waals surface area (Å²) in [4.78, 5) is 25.0. The number of nitrogens with two attached hydrogens (primary N) is 1. The Hall–Kier alpha value is -1.14. The summed E-state index contributed by atoms with van der Waals surface area (Å²) in [5.74, 6) is -0.556. The van der Waals surface area contributed by atoms with Gasteiger partial charge in [-0.3, -0.25) is 9.59 Å². The highest BCUT2D eigenvalue weighted by molar-refractivity contribution is 5.70. The van der Waals surface area contributed by atoms with Gasteiger partial charge in [0.25, 0.3) is 0 Å². The van der Waals surface area contributed by atoms with Crippen LogP contribution in [0.5, 0.6) is 0 Å². The SMILES string of the molecule is CCCCCCCCCCCCCCCCCC(=O)OCC(CC(O)C(C)(C)N)OC(=O)CCCCCCCCCCCCCCCCC. The average molecular weight is 696 g/mol. The summed E-state index contributed by atoms with van der Waals surface area (Å²) in [5.41, 5.74) is 5.25. The number of aliphatic hydroxyl groups excluding tert-OH is 1. The summed E-state index contributed by atoms with van der Waals surface area (Å²) in [5, 5.41) is 10.5. The second-order valence-electron chi connectivity index (χ2n) is 15.8. The third-order valence-corrected chi connectivity index (χ3v) is 10.0. The lowest BCUT2D eigenvalue weighted by Crippen LogP contribution is -2.47. The lowest BCUT2D eigenvalue weighted by atomic mass is 9.94. The molecule has 0 aliphatic heterocycles. The molecule has 0 fully saturated rings. The van der Waals surface area contributed by atoms with Crippen molar-refractivity contribution in [3.63, 3.8) is 0 Å². The third kappa shape index (κ3) is 35.1. The van der Waals surface area contributed by atoms with E-state index in [1.54, 1.807) is 13.8 Å². The minimum Gasteiger partial charge on any atom is -0.462 e. The molecule has 49 heavy (non-hydrogen) atoms. The van der Waals surface area contributed by atoms with E-state index in [2.05, 4.69) is 13.8 Å². The van der Waals surface area contributed by atoms with Gasteiger partial charge in [-0.25, -0.2) is 0 Å². The molecule has 0 saturated heterocycles. The smallest absolute Gasteiger partial charge is 0.306 e. The Bertz CT molecular complexity index is 721. The van der Waals surface area contributed by atoms with Gasteiger partial charge < -0.3 is 20.3 Å². The van der Waals surface area contributed by atoms with Crippen molar-refractivity contribution in [2.75, 3.05) is 6.61 Å². The van der Waals surface area contributed by atoms with Crippen molar-refractivity contribution in [3.8, 4) is 0 Å². The second kappa shape index (κ2) is 35.3. The molecule has 0 heterocycles. The molecule has 0 radical (unpaired) electrons. The predicted octanol–water partition coefficient (Wildman–Crippen LogP) is 12.5. The topological polar surface area (TPSA) is 98.8 Å². The standard InChI is InChI=1S/C43H85NO5/c1-5-7-9-11-13-15-17-19-21-23-25-27-29-31-33-35-41(46)48-38-39(37-40(45)43(3,4)44)49-42(47)36-34-32-30-28-26-24-22-20-18-16-14-12-10-8-6-2/h39-40,45H,5-38,44H2,1-4H3. The van der Waals surface area contributed by atoms with Crippen molar-refractivity contribution in [1.82, 2.24) is 0 Å². The van der Waals surface area contributed by atoms with Gasteiger partial charge >= 0.3 is 11.9 Å². The quantitative estimate of drug-likeness (QED) is 0.0493. The van der Waals surface area contributed by atoms with Crippen molar-refractivity contribution in [2.24, 2.45) is 5.73 Å². The lowest BCUT2D eigenvalue weighted by Gasteiger charge is -2.29. The van der Waals surface area contributed by atoms with Crippen LogP contribution in [0.4, 0.5) is 0 Å². The molecule has 0 amide bonds. The molecule has 0 saturated carbocycles. The number of esters is 2. The fourth-order valence-electron chi connectivity index (χ4n) is 6.49. The fraction of sp³-hybridized carbons (Fsp3) is 0.953. The highest BCUT2D eigenvalue weighted by Crippen LogP contribution is 2.18. The zero-order chi connectivity index (χ0) is 36.3. The Labute approximate surface area is 305 Å². The maximum atomic E-state index is 12.6. The van der Waals surface area contributed by atoms with Crippen LogP contribution in [-0.2, 0) is 19.1 Å². The van der Waals surface area contributed by atoms with Crippen molar-refractivity contribution >= 4 is 11.9 Å². The number of aliphatic hydroxyl groups is 1. The second-order valence-corrected chi connectivity index (χ2v) is 15.8. The van der Waals surface area contributed by atoms with Crippen LogP contribution in [-0.4, -0.2) is 41.4 Å². The molecule has 2 atom stereocenters. The molecule has 0 aromatic heterocycles. The third-order valence-electron chi connectivity index (χ3n) is 10.0. The van der Waals surface area contributed by atoms with Gasteiger partial charge in [0, 0.05) is 24.8 Å².